The van der Waals surface area contributed by atoms with E-state index in [1.54, 1.807) is 0 Å². The minimum absolute atomic E-state index is 0.341. The summed E-state index contributed by atoms with van der Waals surface area (Å²) in [5, 5.41) is 2.59. The highest BCUT2D eigenvalue weighted by Gasteiger charge is 2.35. The molecular weight excluding hydrogens is 271 g/mol. The van der Waals surface area contributed by atoms with Crippen LogP contribution in [0, 0.1) is 0 Å². The Hall–Kier alpha value is 0.234. The molecule has 0 aliphatic carbocycles. The van der Waals surface area contributed by atoms with E-state index >= 15 is 0 Å². The minimum atomic E-state index is -2.28. The van der Waals surface area contributed by atoms with Crippen LogP contribution in [0.2, 0.25) is 25.2 Å². The van der Waals surface area contributed by atoms with Gasteiger partial charge in [0.25, 0.3) is 6.69 Å². The Morgan fingerprint density at radius 3 is 1.56 bits per heavy atom. The van der Waals surface area contributed by atoms with E-state index in [4.69, 9.17) is 22.2 Å². The van der Waals surface area contributed by atoms with Crippen LogP contribution in [0.4, 0.5) is 0 Å². The summed E-state index contributed by atoms with van der Waals surface area (Å²) in [6.45, 7) is 8.94. The molecule has 16 heavy (non-hydrogen) atoms. The van der Waals surface area contributed by atoms with Crippen LogP contribution in [-0.4, -0.2) is 14.8 Å². The van der Waals surface area contributed by atoms with Crippen molar-refractivity contribution in [1.82, 2.24) is 0 Å². The molecule has 1 aromatic rings. The van der Waals surface area contributed by atoms with Crippen molar-refractivity contribution < 1.29 is 0 Å². The van der Waals surface area contributed by atoms with Gasteiger partial charge < -0.3 is 0 Å². The van der Waals surface area contributed by atoms with Crippen molar-refractivity contribution in [3.8, 4) is 0 Å². The SMILES string of the molecule is CC(C)[Si](Cl)(Cl)c1ccc([Si](C)(C)C)cc1. The Labute approximate surface area is 110 Å². The van der Waals surface area contributed by atoms with E-state index in [1.807, 2.05) is 0 Å². The van der Waals surface area contributed by atoms with E-state index < -0.39 is 14.8 Å². The van der Waals surface area contributed by atoms with Crippen LogP contribution in [0.3, 0.4) is 0 Å². The third-order valence-corrected chi connectivity index (χ3v) is 11.4. The first-order valence-corrected chi connectivity index (χ1v) is 13.2. The highest BCUT2D eigenvalue weighted by atomic mass is 35.7. The number of hydrogen-bond acceptors (Lipinski definition) is 0. The molecule has 4 heteroatoms. The summed E-state index contributed by atoms with van der Waals surface area (Å²) in [5.74, 6) is 0. The van der Waals surface area contributed by atoms with E-state index in [0.717, 1.165) is 5.19 Å². The van der Waals surface area contributed by atoms with Crippen molar-refractivity contribution in [1.29, 1.82) is 0 Å². The molecule has 0 bridgehead atoms. The second-order valence-corrected chi connectivity index (χ2v) is 17.8. The lowest BCUT2D eigenvalue weighted by Crippen LogP contribution is -2.43. The Balaban J connectivity index is 3.05. The zero-order chi connectivity index (χ0) is 12.6. The fraction of sp³-hybridized carbons (Fsp3) is 0.500. The molecule has 0 amide bonds. The first-order chi connectivity index (χ1) is 7.15. The van der Waals surface area contributed by atoms with Crippen molar-refractivity contribution >= 4 is 47.3 Å². The average Bonchev–Trinajstić information content (AvgIpc) is 2.16. The summed E-state index contributed by atoms with van der Waals surface area (Å²) in [4.78, 5) is 0. The average molecular weight is 291 g/mol. The van der Waals surface area contributed by atoms with Crippen molar-refractivity contribution in [3.05, 3.63) is 24.3 Å². The maximum absolute atomic E-state index is 6.48. The lowest BCUT2D eigenvalue weighted by atomic mass is 10.4. The zero-order valence-corrected chi connectivity index (χ0v) is 14.2. The molecule has 0 N–H and O–H groups in total. The van der Waals surface area contributed by atoms with Crippen LogP contribution in [0.5, 0.6) is 0 Å². The van der Waals surface area contributed by atoms with Crippen LogP contribution in [-0.2, 0) is 0 Å². The number of halogens is 2. The van der Waals surface area contributed by atoms with Crippen LogP contribution < -0.4 is 10.4 Å². The molecule has 1 aromatic carbocycles. The van der Waals surface area contributed by atoms with Gasteiger partial charge in [-0.3, -0.25) is 0 Å². The predicted molar refractivity (Wildman–Crippen MR) is 81.6 cm³/mol. The fourth-order valence-electron chi connectivity index (χ4n) is 1.53. The van der Waals surface area contributed by atoms with Gasteiger partial charge in [0.05, 0.1) is 8.07 Å². The molecular formula is C12H20Cl2Si2. The van der Waals surface area contributed by atoms with Gasteiger partial charge in [0.15, 0.2) is 0 Å². The molecule has 0 unspecified atom stereocenters. The molecule has 0 radical (unpaired) electrons. The zero-order valence-electron chi connectivity index (χ0n) is 10.6. The van der Waals surface area contributed by atoms with Gasteiger partial charge in [-0.05, 0) is 10.7 Å². The van der Waals surface area contributed by atoms with E-state index in [9.17, 15) is 0 Å². The standard InChI is InChI=1S/C12H20Cl2Si2/c1-10(2)16(13,14)12-8-6-11(7-9-12)15(3,4)5/h6-10H,1-5H3. The molecule has 0 spiro atoms. The third-order valence-electron chi connectivity index (χ3n) is 2.86. The summed E-state index contributed by atoms with van der Waals surface area (Å²) in [6, 6.07) is 8.66. The Morgan fingerprint density at radius 2 is 1.25 bits per heavy atom. The molecule has 1 rings (SSSR count). The third kappa shape index (κ3) is 3.13. The van der Waals surface area contributed by atoms with Gasteiger partial charge in [-0.15, -0.1) is 22.2 Å². The van der Waals surface area contributed by atoms with Crippen LogP contribution in [0.25, 0.3) is 0 Å². The van der Waals surface area contributed by atoms with Gasteiger partial charge in [0.1, 0.15) is 0 Å². The summed E-state index contributed by atoms with van der Waals surface area (Å²) >= 11 is 13.0. The van der Waals surface area contributed by atoms with E-state index in [1.165, 1.54) is 5.19 Å². The van der Waals surface area contributed by atoms with Crippen LogP contribution in [0.15, 0.2) is 24.3 Å². The van der Waals surface area contributed by atoms with Crippen molar-refractivity contribution in [2.45, 2.75) is 39.0 Å². The van der Waals surface area contributed by atoms with E-state index in [-0.39, 0.29) is 0 Å². The minimum Gasteiger partial charge on any atom is -0.139 e. The highest BCUT2D eigenvalue weighted by Crippen LogP contribution is 2.28. The fourth-order valence-corrected chi connectivity index (χ4v) is 4.73. The number of rotatable bonds is 3. The van der Waals surface area contributed by atoms with Gasteiger partial charge in [-0.2, -0.15) is 0 Å². The van der Waals surface area contributed by atoms with Crippen molar-refractivity contribution in [3.63, 3.8) is 0 Å². The summed E-state index contributed by atoms with van der Waals surface area (Å²) in [7, 11) is -1.21. The smallest absolute Gasteiger partial charge is 0.139 e. The second-order valence-electron chi connectivity index (χ2n) is 5.61. The van der Waals surface area contributed by atoms with E-state index in [0.29, 0.717) is 5.54 Å². The van der Waals surface area contributed by atoms with Gasteiger partial charge in [0, 0.05) is 0 Å². The van der Waals surface area contributed by atoms with Crippen molar-refractivity contribution in [2.75, 3.05) is 0 Å². The number of benzene rings is 1. The van der Waals surface area contributed by atoms with Gasteiger partial charge in [-0.25, -0.2) is 0 Å². The molecule has 0 nitrogen and oxygen atoms in total. The van der Waals surface area contributed by atoms with Gasteiger partial charge >= 0.3 is 0 Å². The topological polar surface area (TPSA) is 0 Å². The number of hydrogen-bond donors (Lipinski definition) is 0. The lowest BCUT2D eigenvalue weighted by Gasteiger charge is -2.23. The largest absolute Gasteiger partial charge is 0.283 e. The first kappa shape index (κ1) is 14.3. The summed E-state index contributed by atoms with van der Waals surface area (Å²) < 4.78 is 0. The maximum Gasteiger partial charge on any atom is 0.283 e. The van der Waals surface area contributed by atoms with E-state index in [2.05, 4.69) is 57.8 Å². The van der Waals surface area contributed by atoms with Crippen LogP contribution in [0.1, 0.15) is 13.8 Å². The maximum atomic E-state index is 6.48. The highest BCUT2D eigenvalue weighted by molar-refractivity contribution is 7.51. The molecule has 0 fully saturated rings. The first-order valence-electron chi connectivity index (χ1n) is 5.64. The summed E-state index contributed by atoms with van der Waals surface area (Å²) in [6.07, 6.45) is 0. The monoisotopic (exact) mass is 290 g/mol. The summed E-state index contributed by atoms with van der Waals surface area (Å²) in [5.41, 5.74) is 0.341. The van der Waals surface area contributed by atoms with Gasteiger partial charge in [0.2, 0.25) is 0 Å². The van der Waals surface area contributed by atoms with Crippen molar-refractivity contribution in [2.24, 2.45) is 0 Å². The molecule has 0 aromatic heterocycles. The normalized spacial score (nSPS) is 13.2. The Bertz CT molecular complexity index is 350. The Kier molecular flexibility index (Phi) is 4.33. The Morgan fingerprint density at radius 1 is 0.875 bits per heavy atom. The molecule has 90 valence electrons. The second kappa shape index (κ2) is 4.85. The molecule has 0 aliphatic heterocycles. The lowest BCUT2D eigenvalue weighted by molar-refractivity contribution is 1.05. The van der Waals surface area contributed by atoms with Crippen LogP contribution >= 0.6 is 22.2 Å². The van der Waals surface area contributed by atoms with Gasteiger partial charge in [-0.1, -0.05) is 62.9 Å². The molecule has 0 heterocycles. The molecule has 0 saturated heterocycles. The molecule has 0 aliphatic rings. The predicted octanol–water partition coefficient (Wildman–Crippen LogP) is 3.77. The molecule has 0 atom stereocenters. The molecule has 0 saturated carbocycles. The quantitative estimate of drug-likeness (QED) is 0.587.